The zero-order chi connectivity index (χ0) is 15.1. The van der Waals surface area contributed by atoms with Gasteiger partial charge in [-0.25, -0.2) is 4.39 Å². The molecule has 0 heterocycles. The van der Waals surface area contributed by atoms with E-state index in [4.69, 9.17) is 9.47 Å². The zero-order valence-corrected chi connectivity index (χ0v) is 12.4. The lowest BCUT2D eigenvalue weighted by atomic mass is 10.2. The average molecular weight is 289 g/mol. The highest BCUT2D eigenvalue weighted by atomic mass is 19.1. The summed E-state index contributed by atoms with van der Waals surface area (Å²) in [5, 5.41) is 3.19. The summed E-state index contributed by atoms with van der Waals surface area (Å²) >= 11 is 0. The van der Waals surface area contributed by atoms with E-state index in [0.717, 1.165) is 17.9 Å². The molecule has 112 valence electrons. The minimum Gasteiger partial charge on any atom is -0.494 e. The maximum absolute atomic E-state index is 14.0. The van der Waals surface area contributed by atoms with Crippen LogP contribution in [0, 0.1) is 5.82 Å². The van der Waals surface area contributed by atoms with Gasteiger partial charge in [-0.05, 0) is 36.8 Å². The van der Waals surface area contributed by atoms with Crippen molar-refractivity contribution in [3.63, 3.8) is 0 Å². The van der Waals surface area contributed by atoms with Crippen LogP contribution in [0.3, 0.4) is 0 Å². The second kappa shape index (κ2) is 7.53. The number of ether oxygens (including phenoxy) is 2. The van der Waals surface area contributed by atoms with Crippen LogP contribution in [0.15, 0.2) is 42.5 Å². The number of halogens is 1. The normalized spacial score (nSPS) is 10.2. The summed E-state index contributed by atoms with van der Waals surface area (Å²) in [6, 6.07) is 12.8. The minimum absolute atomic E-state index is 0.262. The van der Waals surface area contributed by atoms with Crippen LogP contribution in [-0.4, -0.2) is 13.7 Å². The Morgan fingerprint density at radius 3 is 2.52 bits per heavy atom. The van der Waals surface area contributed by atoms with Gasteiger partial charge in [-0.1, -0.05) is 19.1 Å². The van der Waals surface area contributed by atoms with Crippen molar-refractivity contribution >= 4 is 5.69 Å². The third-order valence-electron chi connectivity index (χ3n) is 3.07. The average Bonchev–Trinajstić information content (AvgIpc) is 2.53. The van der Waals surface area contributed by atoms with Crippen LogP contribution in [0.4, 0.5) is 10.1 Å². The van der Waals surface area contributed by atoms with E-state index in [-0.39, 0.29) is 11.6 Å². The molecule has 2 rings (SSSR count). The smallest absolute Gasteiger partial charge is 0.170 e. The highest BCUT2D eigenvalue weighted by Gasteiger charge is 2.07. The van der Waals surface area contributed by atoms with Gasteiger partial charge < -0.3 is 14.8 Å². The molecule has 0 amide bonds. The van der Waals surface area contributed by atoms with Crippen LogP contribution in [0.1, 0.15) is 18.9 Å². The first-order valence-corrected chi connectivity index (χ1v) is 7.02. The molecule has 0 aliphatic rings. The molecule has 2 aromatic rings. The molecule has 0 bridgehead atoms. The first kappa shape index (κ1) is 15.2. The van der Waals surface area contributed by atoms with Crippen molar-refractivity contribution in [2.24, 2.45) is 0 Å². The number of methoxy groups -OCH3 is 1. The van der Waals surface area contributed by atoms with Gasteiger partial charge in [0.25, 0.3) is 0 Å². The second-order valence-electron chi connectivity index (χ2n) is 4.66. The summed E-state index contributed by atoms with van der Waals surface area (Å²) in [4.78, 5) is 0. The van der Waals surface area contributed by atoms with Crippen molar-refractivity contribution in [2.45, 2.75) is 19.9 Å². The molecule has 0 saturated carbocycles. The van der Waals surface area contributed by atoms with E-state index in [9.17, 15) is 4.39 Å². The van der Waals surface area contributed by atoms with Crippen molar-refractivity contribution < 1.29 is 13.9 Å². The van der Waals surface area contributed by atoms with E-state index in [1.807, 2.05) is 24.3 Å². The van der Waals surface area contributed by atoms with E-state index in [1.165, 1.54) is 7.11 Å². The lowest BCUT2D eigenvalue weighted by Crippen LogP contribution is -2.03. The summed E-state index contributed by atoms with van der Waals surface area (Å²) in [6.07, 6.45) is 0.981. The molecule has 21 heavy (non-hydrogen) atoms. The Morgan fingerprint density at radius 2 is 1.86 bits per heavy atom. The molecular formula is C17H20FNO2. The van der Waals surface area contributed by atoms with E-state index in [2.05, 4.69) is 12.2 Å². The van der Waals surface area contributed by atoms with Gasteiger partial charge in [-0.3, -0.25) is 0 Å². The lowest BCUT2D eigenvalue weighted by Gasteiger charge is -2.10. The molecule has 3 nitrogen and oxygen atoms in total. The fraction of sp³-hybridized carbons (Fsp3) is 0.294. The van der Waals surface area contributed by atoms with Crippen LogP contribution in [0.5, 0.6) is 11.5 Å². The Bertz CT molecular complexity index is 570. The van der Waals surface area contributed by atoms with Gasteiger partial charge in [0.1, 0.15) is 5.75 Å². The van der Waals surface area contributed by atoms with E-state index in [0.29, 0.717) is 18.7 Å². The second-order valence-corrected chi connectivity index (χ2v) is 4.66. The molecule has 0 aromatic heterocycles. The summed E-state index contributed by atoms with van der Waals surface area (Å²) in [7, 11) is 1.46. The van der Waals surface area contributed by atoms with Crippen molar-refractivity contribution in [1.82, 2.24) is 0 Å². The number of hydrogen-bond acceptors (Lipinski definition) is 3. The van der Waals surface area contributed by atoms with Crippen molar-refractivity contribution in [3.8, 4) is 11.5 Å². The van der Waals surface area contributed by atoms with Crippen LogP contribution >= 0.6 is 0 Å². The van der Waals surface area contributed by atoms with Gasteiger partial charge in [-0.2, -0.15) is 0 Å². The third kappa shape index (κ3) is 4.12. The molecule has 4 heteroatoms. The molecule has 0 atom stereocenters. The molecular weight excluding hydrogens is 269 g/mol. The molecule has 0 unspecified atom stereocenters. The Morgan fingerprint density at radius 1 is 1.10 bits per heavy atom. The predicted molar refractivity (Wildman–Crippen MR) is 82.5 cm³/mol. The Kier molecular flexibility index (Phi) is 5.43. The Hall–Kier alpha value is -2.23. The maximum Gasteiger partial charge on any atom is 0.170 e. The monoisotopic (exact) mass is 289 g/mol. The fourth-order valence-corrected chi connectivity index (χ4v) is 1.94. The summed E-state index contributed by atoms with van der Waals surface area (Å²) < 4.78 is 24.5. The molecule has 2 aromatic carbocycles. The molecule has 0 spiro atoms. The number of nitrogens with one attached hydrogen (secondary N) is 1. The first-order chi connectivity index (χ1) is 10.2. The number of anilines is 1. The van der Waals surface area contributed by atoms with E-state index in [1.54, 1.807) is 18.2 Å². The summed E-state index contributed by atoms with van der Waals surface area (Å²) in [5.41, 5.74) is 1.49. The van der Waals surface area contributed by atoms with Gasteiger partial charge in [-0.15, -0.1) is 0 Å². The van der Waals surface area contributed by atoms with Crippen molar-refractivity contribution in [2.75, 3.05) is 19.0 Å². The van der Waals surface area contributed by atoms with Crippen LogP contribution in [0.2, 0.25) is 0 Å². The molecule has 1 N–H and O–H groups in total. The van der Waals surface area contributed by atoms with E-state index >= 15 is 0 Å². The number of hydrogen-bond donors (Lipinski definition) is 1. The third-order valence-corrected chi connectivity index (χ3v) is 3.07. The van der Waals surface area contributed by atoms with Gasteiger partial charge in [0.2, 0.25) is 0 Å². The first-order valence-electron chi connectivity index (χ1n) is 7.02. The number of benzene rings is 2. The van der Waals surface area contributed by atoms with Crippen molar-refractivity contribution in [1.29, 1.82) is 0 Å². The molecule has 0 fully saturated rings. The van der Waals surface area contributed by atoms with Gasteiger partial charge in [0.05, 0.1) is 13.7 Å². The molecule has 0 aliphatic heterocycles. The summed E-state index contributed by atoms with van der Waals surface area (Å²) in [6.45, 7) is 3.18. The van der Waals surface area contributed by atoms with Crippen molar-refractivity contribution in [3.05, 3.63) is 53.8 Å². The largest absolute Gasteiger partial charge is 0.494 e. The summed E-state index contributed by atoms with van der Waals surface area (Å²) in [5.74, 6) is 0.781. The van der Waals surface area contributed by atoms with Gasteiger partial charge >= 0.3 is 0 Å². The van der Waals surface area contributed by atoms with Gasteiger partial charge in [0, 0.05) is 17.8 Å². The van der Waals surface area contributed by atoms with Gasteiger partial charge in [0.15, 0.2) is 11.6 Å². The Balaban J connectivity index is 1.97. The van der Waals surface area contributed by atoms with E-state index < -0.39 is 0 Å². The van der Waals surface area contributed by atoms with Crippen LogP contribution in [0.25, 0.3) is 0 Å². The topological polar surface area (TPSA) is 30.5 Å². The fourth-order valence-electron chi connectivity index (χ4n) is 1.94. The maximum atomic E-state index is 14.0. The molecule has 0 saturated heterocycles. The highest BCUT2D eigenvalue weighted by molar-refractivity contribution is 5.47. The molecule has 0 radical (unpaired) electrons. The Labute approximate surface area is 124 Å². The quantitative estimate of drug-likeness (QED) is 0.827. The van der Waals surface area contributed by atoms with Crippen LogP contribution < -0.4 is 14.8 Å². The predicted octanol–water partition coefficient (Wildman–Crippen LogP) is 4.24. The SMILES string of the molecule is CCCOc1ccc(NCc2cccc(OC)c2F)cc1. The molecule has 0 aliphatic carbocycles. The highest BCUT2D eigenvalue weighted by Crippen LogP contribution is 2.21. The minimum atomic E-state index is -0.324. The number of rotatable bonds is 7. The standard InChI is InChI=1S/C17H20FNO2/c1-3-11-21-15-9-7-14(8-10-15)19-12-13-5-4-6-16(20-2)17(13)18/h4-10,19H,3,11-12H2,1-2H3. The van der Waals surface area contributed by atoms with Crippen LogP contribution in [-0.2, 0) is 6.54 Å². The lowest BCUT2D eigenvalue weighted by molar-refractivity contribution is 0.317. The zero-order valence-electron chi connectivity index (χ0n) is 12.4.